The fourth-order valence-corrected chi connectivity index (χ4v) is 3.54. The number of nitrogens with zero attached hydrogens (tertiary/aromatic N) is 1. The number of hydrogen-bond acceptors (Lipinski definition) is 4. The summed E-state index contributed by atoms with van der Waals surface area (Å²) >= 11 is 0. The lowest BCUT2D eigenvalue weighted by atomic mass is 10.0. The van der Waals surface area contributed by atoms with Crippen molar-refractivity contribution in [1.29, 1.82) is 0 Å². The second kappa shape index (κ2) is 7.24. The Morgan fingerprint density at radius 2 is 2.05 bits per heavy atom. The van der Waals surface area contributed by atoms with E-state index in [1.54, 1.807) is 4.31 Å². The Bertz CT molecular complexity index is 543. The lowest BCUT2D eigenvalue weighted by Gasteiger charge is -2.30. The maximum atomic E-state index is 11.6. The molecule has 1 unspecified atom stereocenters. The molecule has 21 heavy (non-hydrogen) atoms. The SMILES string of the molecule is CS(=O)(=O)N1CCCC(COc2ccc(CCN)cc2)C1. The van der Waals surface area contributed by atoms with Crippen molar-refractivity contribution in [3.8, 4) is 5.75 Å². The van der Waals surface area contributed by atoms with Gasteiger partial charge in [0.1, 0.15) is 5.75 Å². The van der Waals surface area contributed by atoms with E-state index in [4.69, 9.17) is 10.5 Å². The zero-order valence-corrected chi connectivity index (χ0v) is 13.3. The molecule has 1 aromatic carbocycles. The van der Waals surface area contributed by atoms with Gasteiger partial charge in [0.15, 0.2) is 0 Å². The molecule has 6 heteroatoms. The number of piperidine rings is 1. The van der Waals surface area contributed by atoms with Gasteiger partial charge in [-0.1, -0.05) is 12.1 Å². The van der Waals surface area contributed by atoms with Crippen LogP contribution < -0.4 is 10.5 Å². The minimum atomic E-state index is -3.09. The summed E-state index contributed by atoms with van der Waals surface area (Å²) in [4.78, 5) is 0. The first-order valence-corrected chi connectivity index (χ1v) is 9.21. The molecule has 1 atom stereocenters. The third-order valence-electron chi connectivity index (χ3n) is 3.79. The summed E-state index contributed by atoms with van der Waals surface area (Å²) in [5.41, 5.74) is 6.72. The highest BCUT2D eigenvalue weighted by Gasteiger charge is 2.26. The van der Waals surface area contributed by atoms with Crippen LogP contribution in [0, 0.1) is 5.92 Å². The molecule has 1 saturated heterocycles. The minimum absolute atomic E-state index is 0.261. The Hall–Kier alpha value is -1.11. The molecule has 1 aromatic rings. The van der Waals surface area contributed by atoms with Crippen molar-refractivity contribution < 1.29 is 13.2 Å². The average molecular weight is 312 g/mol. The van der Waals surface area contributed by atoms with Crippen LogP contribution in [0.3, 0.4) is 0 Å². The molecule has 2 N–H and O–H groups in total. The van der Waals surface area contributed by atoms with Gasteiger partial charge in [0.05, 0.1) is 12.9 Å². The Balaban J connectivity index is 1.85. The van der Waals surface area contributed by atoms with Crippen LogP contribution in [0.5, 0.6) is 5.75 Å². The highest BCUT2D eigenvalue weighted by atomic mass is 32.2. The third kappa shape index (κ3) is 4.98. The molecule has 1 fully saturated rings. The highest BCUT2D eigenvalue weighted by molar-refractivity contribution is 7.88. The van der Waals surface area contributed by atoms with Gasteiger partial charge in [-0.05, 0) is 43.5 Å². The smallest absolute Gasteiger partial charge is 0.211 e. The molecule has 5 nitrogen and oxygen atoms in total. The molecule has 1 aliphatic heterocycles. The summed E-state index contributed by atoms with van der Waals surface area (Å²) in [6.45, 7) is 2.39. The number of ether oxygens (including phenoxy) is 1. The predicted molar refractivity (Wildman–Crippen MR) is 83.8 cm³/mol. The van der Waals surface area contributed by atoms with E-state index in [-0.39, 0.29) is 5.92 Å². The van der Waals surface area contributed by atoms with Crippen LogP contribution in [0.1, 0.15) is 18.4 Å². The highest BCUT2D eigenvalue weighted by Crippen LogP contribution is 2.20. The van der Waals surface area contributed by atoms with Crippen LogP contribution in [0.2, 0.25) is 0 Å². The minimum Gasteiger partial charge on any atom is -0.493 e. The van der Waals surface area contributed by atoms with E-state index >= 15 is 0 Å². The normalized spacial score (nSPS) is 20.4. The Kier molecular flexibility index (Phi) is 5.61. The fraction of sp³-hybridized carbons (Fsp3) is 0.600. The van der Waals surface area contributed by atoms with E-state index in [2.05, 4.69) is 0 Å². The van der Waals surface area contributed by atoms with Crippen LogP contribution in [0.25, 0.3) is 0 Å². The van der Waals surface area contributed by atoms with Crippen LogP contribution in [-0.4, -0.2) is 45.2 Å². The number of nitrogens with two attached hydrogens (primary N) is 1. The van der Waals surface area contributed by atoms with E-state index in [0.29, 0.717) is 26.2 Å². The fourth-order valence-electron chi connectivity index (χ4n) is 2.60. The number of benzene rings is 1. The molecule has 1 aliphatic rings. The van der Waals surface area contributed by atoms with Gasteiger partial charge in [-0.25, -0.2) is 12.7 Å². The van der Waals surface area contributed by atoms with Crippen molar-refractivity contribution in [1.82, 2.24) is 4.31 Å². The molecule has 0 aliphatic carbocycles. The second-order valence-electron chi connectivity index (χ2n) is 5.62. The van der Waals surface area contributed by atoms with Crippen molar-refractivity contribution in [3.05, 3.63) is 29.8 Å². The summed E-state index contributed by atoms with van der Waals surface area (Å²) in [6, 6.07) is 7.93. The molecule has 118 valence electrons. The van der Waals surface area contributed by atoms with Crippen molar-refractivity contribution in [2.45, 2.75) is 19.3 Å². The zero-order chi connectivity index (χ0) is 15.3. The summed E-state index contributed by atoms with van der Waals surface area (Å²) in [5, 5.41) is 0. The number of sulfonamides is 1. The van der Waals surface area contributed by atoms with E-state index in [0.717, 1.165) is 25.0 Å². The maximum absolute atomic E-state index is 11.6. The van der Waals surface area contributed by atoms with Crippen LogP contribution in [0.4, 0.5) is 0 Å². The van der Waals surface area contributed by atoms with E-state index < -0.39 is 10.0 Å². The summed E-state index contributed by atoms with van der Waals surface area (Å²) in [5.74, 6) is 1.09. The van der Waals surface area contributed by atoms with Crippen molar-refractivity contribution >= 4 is 10.0 Å². The average Bonchev–Trinajstić information content (AvgIpc) is 2.46. The Morgan fingerprint density at radius 3 is 2.67 bits per heavy atom. The molecular formula is C15H24N2O3S. The number of rotatable bonds is 6. The molecule has 0 bridgehead atoms. The summed E-state index contributed by atoms with van der Waals surface area (Å²) in [7, 11) is -3.09. The molecule has 0 amide bonds. The van der Waals surface area contributed by atoms with Crippen LogP contribution in [-0.2, 0) is 16.4 Å². The van der Waals surface area contributed by atoms with E-state index in [1.165, 1.54) is 11.8 Å². The molecule has 0 spiro atoms. The van der Waals surface area contributed by atoms with E-state index in [1.807, 2.05) is 24.3 Å². The maximum Gasteiger partial charge on any atom is 0.211 e. The molecule has 2 rings (SSSR count). The first-order valence-electron chi connectivity index (χ1n) is 7.36. The van der Waals surface area contributed by atoms with Gasteiger partial charge < -0.3 is 10.5 Å². The lowest BCUT2D eigenvalue weighted by molar-refractivity contribution is 0.180. The largest absolute Gasteiger partial charge is 0.493 e. The molecule has 0 aromatic heterocycles. The van der Waals surface area contributed by atoms with Crippen LogP contribution >= 0.6 is 0 Å². The Morgan fingerprint density at radius 1 is 1.33 bits per heavy atom. The van der Waals surface area contributed by atoms with Gasteiger partial charge in [0.2, 0.25) is 10.0 Å². The van der Waals surface area contributed by atoms with Gasteiger partial charge in [-0.2, -0.15) is 0 Å². The zero-order valence-electron chi connectivity index (χ0n) is 12.5. The van der Waals surface area contributed by atoms with Crippen molar-refractivity contribution in [2.24, 2.45) is 11.7 Å². The summed E-state index contributed by atoms with van der Waals surface area (Å²) < 4.78 is 30.5. The lowest BCUT2D eigenvalue weighted by Crippen LogP contribution is -2.40. The van der Waals surface area contributed by atoms with Crippen molar-refractivity contribution in [3.63, 3.8) is 0 Å². The van der Waals surface area contributed by atoms with Gasteiger partial charge in [0, 0.05) is 19.0 Å². The Labute approximate surface area is 127 Å². The van der Waals surface area contributed by atoms with Gasteiger partial charge in [0.25, 0.3) is 0 Å². The van der Waals surface area contributed by atoms with Crippen LogP contribution in [0.15, 0.2) is 24.3 Å². The topological polar surface area (TPSA) is 72.6 Å². The predicted octanol–water partition coefficient (Wildman–Crippen LogP) is 1.24. The van der Waals surface area contributed by atoms with Crippen molar-refractivity contribution in [2.75, 3.05) is 32.5 Å². The molecule has 0 saturated carbocycles. The standard InChI is InChI=1S/C15H24N2O3S/c1-21(18,19)17-10-2-3-14(11-17)12-20-15-6-4-13(5-7-15)8-9-16/h4-7,14H,2-3,8-12,16H2,1H3. The van der Waals surface area contributed by atoms with Gasteiger partial charge in [-0.15, -0.1) is 0 Å². The first-order chi connectivity index (χ1) is 9.99. The molecular weight excluding hydrogens is 288 g/mol. The number of hydrogen-bond donors (Lipinski definition) is 1. The van der Waals surface area contributed by atoms with Gasteiger partial charge >= 0.3 is 0 Å². The molecule has 0 radical (unpaired) electrons. The quantitative estimate of drug-likeness (QED) is 0.858. The second-order valence-corrected chi connectivity index (χ2v) is 7.61. The third-order valence-corrected chi connectivity index (χ3v) is 5.06. The van der Waals surface area contributed by atoms with Gasteiger partial charge in [-0.3, -0.25) is 0 Å². The molecule has 1 heterocycles. The first kappa shape index (κ1) is 16.3. The summed E-state index contributed by atoms with van der Waals surface area (Å²) in [6.07, 6.45) is 4.05. The monoisotopic (exact) mass is 312 g/mol. The van der Waals surface area contributed by atoms with E-state index in [9.17, 15) is 8.42 Å².